The van der Waals surface area contributed by atoms with Crippen LogP contribution in [0, 0.1) is 0 Å². The third-order valence-corrected chi connectivity index (χ3v) is 2.75. The van der Waals surface area contributed by atoms with Crippen LogP contribution in [0.4, 0.5) is 5.69 Å². The zero-order chi connectivity index (χ0) is 14.4. The van der Waals surface area contributed by atoms with Gasteiger partial charge < -0.3 is 25.2 Å². The molecule has 1 aromatic carbocycles. The summed E-state index contributed by atoms with van der Waals surface area (Å²) >= 11 is 0. The van der Waals surface area contributed by atoms with Crippen LogP contribution >= 0.6 is 0 Å². The Morgan fingerprint density at radius 3 is 2.53 bits per heavy atom. The quantitative estimate of drug-likeness (QED) is 0.765. The van der Waals surface area contributed by atoms with Crippen LogP contribution < -0.4 is 20.1 Å². The SMILES string of the molecule is COc1ccc(N(C)CC(N)CC(=O)O)cc1OC. The first-order chi connectivity index (χ1) is 8.97. The fourth-order valence-corrected chi connectivity index (χ4v) is 1.81. The Morgan fingerprint density at radius 1 is 1.37 bits per heavy atom. The van der Waals surface area contributed by atoms with Gasteiger partial charge in [0.25, 0.3) is 0 Å². The summed E-state index contributed by atoms with van der Waals surface area (Å²) in [5.41, 5.74) is 6.65. The van der Waals surface area contributed by atoms with Crippen molar-refractivity contribution in [1.82, 2.24) is 0 Å². The van der Waals surface area contributed by atoms with Gasteiger partial charge in [-0.05, 0) is 12.1 Å². The second-order valence-electron chi connectivity index (χ2n) is 4.28. The van der Waals surface area contributed by atoms with E-state index in [9.17, 15) is 4.79 Å². The minimum atomic E-state index is -0.895. The molecule has 0 aromatic heterocycles. The van der Waals surface area contributed by atoms with Gasteiger partial charge in [0.1, 0.15) is 0 Å². The van der Waals surface area contributed by atoms with Crippen molar-refractivity contribution in [3.8, 4) is 11.5 Å². The molecule has 3 N–H and O–H groups in total. The zero-order valence-corrected chi connectivity index (χ0v) is 11.4. The van der Waals surface area contributed by atoms with E-state index in [-0.39, 0.29) is 6.42 Å². The highest BCUT2D eigenvalue weighted by Gasteiger charge is 2.13. The minimum Gasteiger partial charge on any atom is -0.493 e. The molecular weight excluding hydrogens is 248 g/mol. The van der Waals surface area contributed by atoms with Crippen molar-refractivity contribution in [1.29, 1.82) is 0 Å². The molecule has 0 saturated carbocycles. The van der Waals surface area contributed by atoms with Gasteiger partial charge in [-0.15, -0.1) is 0 Å². The number of likely N-dealkylation sites (N-methyl/N-ethyl adjacent to an activating group) is 1. The van der Waals surface area contributed by atoms with Crippen molar-refractivity contribution in [2.45, 2.75) is 12.5 Å². The van der Waals surface area contributed by atoms with E-state index in [0.29, 0.717) is 18.0 Å². The highest BCUT2D eigenvalue weighted by atomic mass is 16.5. The second-order valence-corrected chi connectivity index (χ2v) is 4.28. The Labute approximate surface area is 112 Å². The number of nitrogens with zero attached hydrogens (tertiary/aromatic N) is 1. The Balaban J connectivity index is 2.76. The summed E-state index contributed by atoms with van der Waals surface area (Å²) in [6.07, 6.45) is -0.0579. The zero-order valence-electron chi connectivity index (χ0n) is 11.4. The number of carbonyl (C=O) groups is 1. The number of hydrogen-bond acceptors (Lipinski definition) is 5. The molecule has 0 aliphatic rings. The number of hydrogen-bond donors (Lipinski definition) is 2. The van der Waals surface area contributed by atoms with Gasteiger partial charge in [-0.3, -0.25) is 4.79 Å². The van der Waals surface area contributed by atoms with Gasteiger partial charge in [0.2, 0.25) is 0 Å². The van der Waals surface area contributed by atoms with Crippen molar-refractivity contribution in [3.63, 3.8) is 0 Å². The van der Waals surface area contributed by atoms with Crippen molar-refractivity contribution in [2.24, 2.45) is 5.73 Å². The molecule has 0 heterocycles. The molecule has 0 amide bonds. The predicted molar refractivity (Wildman–Crippen MR) is 73.0 cm³/mol. The Bertz CT molecular complexity index is 437. The summed E-state index contributed by atoms with van der Waals surface area (Å²) in [5, 5.41) is 8.68. The van der Waals surface area contributed by atoms with Crippen LogP contribution in [0.25, 0.3) is 0 Å². The lowest BCUT2D eigenvalue weighted by Gasteiger charge is -2.23. The smallest absolute Gasteiger partial charge is 0.304 e. The molecule has 19 heavy (non-hydrogen) atoms. The van der Waals surface area contributed by atoms with E-state index in [1.165, 1.54) is 0 Å². The average molecular weight is 268 g/mol. The molecular formula is C13H20N2O4. The molecule has 0 aliphatic heterocycles. The molecule has 6 heteroatoms. The van der Waals surface area contributed by atoms with E-state index in [4.69, 9.17) is 20.3 Å². The maximum Gasteiger partial charge on any atom is 0.304 e. The third kappa shape index (κ3) is 4.33. The van der Waals surface area contributed by atoms with Crippen LogP contribution in [0.15, 0.2) is 18.2 Å². The van der Waals surface area contributed by atoms with Crippen LogP contribution in [-0.4, -0.2) is 44.9 Å². The fourth-order valence-electron chi connectivity index (χ4n) is 1.81. The lowest BCUT2D eigenvalue weighted by molar-refractivity contribution is -0.137. The molecule has 1 unspecified atom stereocenters. The first kappa shape index (κ1) is 15.1. The first-order valence-corrected chi connectivity index (χ1v) is 5.88. The van der Waals surface area contributed by atoms with E-state index in [0.717, 1.165) is 5.69 Å². The lowest BCUT2D eigenvalue weighted by Crippen LogP contribution is -2.36. The van der Waals surface area contributed by atoms with Crippen molar-refractivity contribution >= 4 is 11.7 Å². The normalized spacial score (nSPS) is 11.8. The van der Waals surface area contributed by atoms with Crippen molar-refractivity contribution in [2.75, 3.05) is 32.7 Å². The third-order valence-electron chi connectivity index (χ3n) is 2.75. The summed E-state index contributed by atoms with van der Waals surface area (Å²) in [4.78, 5) is 12.5. The molecule has 1 aromatic rings. The second kappa shape index (κ2) is 6.84. The number of carboxylic acid groups (broad SMARTS) is 1. The number of benzene rings is 1. The highest BCUT2D eigenvalue weighted by molar-refractivity contribution is 5.67. The number of nitrogens with two attached hydrogens (primary N) is 1. The van der Waals surface area contributed by atoms with Crippen molar-refractivity contribution < 1.29 is 19.4 Å². The number of carboxylic acids is 1. The summed E-state index contributed by atoms with van der Waals surface area (Å²) < 4.78 is 10.4. The number of rotatable bonds is 7. The minimum absolute atomic E-state index is 0.0579. The van der Waals surface area contributed by atoms with Crippen LogP contribution in [0.2, 0.25) is 0 Å². The van der Waals surface area contributed by atoms with E-state index >= 15 is 0 Å². The molecule has 0 aliphatic carbocycles. The summed E-state index contributed by atoms with van der Waals surface area (Å²) in [5.74, 6) is 0.376. The van der Waals surface area contributed by atoms with Crippen LogP contribution in [-0.2, 0) is 4.79 Å². The largest absolute Gasteiger partial charge is 0.493 e. The molecule has 0 bridgehead atoms. The van der Waals surface area contributed by atoms with Gasteiger partial charge in [0, 0.05) is 31.4 Å². The Morgan fingerprint density at radius 2 is 2.00 bits per heavy atom. The number of ether oxygens (including phenoxy) is 2. The van der Waals surface area contributed by atoms with Gasteiger partial charge in [-0.1, -0.05) is 0 Å². The van der Waals surface area contributed by atoms with E-state index in [1.54, 1.807) is 20.3 Å². The molecule has 0 saturated heterocycles. The van der Waals surface area contributed by atoms with Gasteiger partial charge in [0.15, 0.2) is 11.5 Å². The topological polar surface area (TPSA) is 85.0 Å². The van der Waals surface area contributed by atoms with Gasteiger partial charge in [-0.25, -0.2) is 0 Å². The standard InChI is InChI=1S/C13H20N2O4/c1-15(8-9(14)6-13(16)17)10-4-5-11(18-2)12(7-10)19-3/h4-5,7,9H,6,8,14H2,1-3H3,(H,16,17). The monoisotopic (exact) mass is 268 g/mol. The molecule has 0 spiro atoms. The number of methoxy groups -OCH3 is 2. The summed E-state index contributed by atoms with van der Waals surface area (Å²) in [7, 11) is 4.99. The van der Waals surface area contributed by atoms with Crippen LogP contribution in [0.1, 0.15) is 6.42 Å². The molecule has 1 rings (SSSR count). The fraction of sp³-hybridized carbons (Fsp3) is 0.462. The molecule has 6 nitrogen and oxygen atoms in total. The number of anilines is 1. The molecule has 0 radical (unpaired) electrons. The highest BCUT2D eigenvalue weighted by Crippen LogP contribution is 2.31. The molecule has 1 atom stereocenters. The summed E-state index contributed by atoms with van der Waals surface area (Å²) in [6, 6.07) is 5.07. The van der Waals surface area contributed by atoms with E-state index in [1.807, 2.05) is 24.1 Å². The van der Waals surface area contributed by atoms with E-state index in [2.05, 4.69) is 0 Å². The summed E-state index contributed by atoms with van der Waals surface area (Å²) in [6.45, 7) is 0.446. The Hall–Kier alpha value is -1.95. The lowest BCUT2D eigenvalue weighted by atomic mass is 10.2. The van der Waals surface area contributed by atoms with Gasteiger partial charge >= 0.3 is 5.97 Å². The van der Waals surface area contributed by atoms with Crippen LogP contribution in [0.5, 0.6) is 11.5 Å². The van der Waals surface area contributed by atoms with Crippen molar-refractivity contribution in [3.05, 3.63) is 18.2 Å². The number of aliphatic carboxylic acids is 1. The van der Waals surface area contributed by atoms with Gasteiger partial charge in [-0.2, -0.15) is 0 Å². The molecule has 106 valence electrons. The van der Waals surface area contributed by atoms with Crippen LogP contribution in [0.3, 0.4) is 0 Å². The van der Waals surface area contributed by atoms with E-state index < -0.39 is 12.0 Å². The first-order valence-electron chi connectivity index (χ1n) is 5.88. The van der Waals surface area contributed by atoms with Gasteiger partial charge in [0.05, 0.1) is 20.6 Å². The predicted octanol–water partition coefficient (Wildman–Crippen LogP) is 0.942. The maximum atomic E-state index is 10.6. The Kier molecular flexibility index (Phi) is 5.44. The molecule has 0 fully saturated rings. The maximum absolute atomic E-state index is 10.6. The average Bonchev–Trinajstić information content (AvgIpc) is 2.36.